The van der Waals surface area contributed by atoms with E-state index in [1.54, 1.807) is 12.1 Å². The largest absolute Gasteiger partial charge is 0.389 e. The molecule has 2 atom stereocenters. The summed E-state index contributed by atoms with van der Waals surface area (Å²) < 4.78 is 22.4. The second kappa shape index (κ2) is 6.87. The molecule has 0 aliphatic heterocycles. The van der Waals surface area contributed by atoms with E-state index in [2.05, 4.69) is 19.2 Å². The lowest BCUT2D eigenvalue weighted by atomic mass is 9.94. The zero-order chi connectivity index (χ0) is 16.3. The van der Waals surface area contributed by atoms with Crippen molar-refractivity contribution in [2.45, 2.75) is 50.7 Å². The Labute approximate surface area is 127 Å². The van der Waals surface area contributed by atoms with Gasteiger partial charge in [-0.3, -0.25) is 0 Å². The van der Waals surface area contributed by atoms with E-state index < -0.39 is 15.6 Å². The van der Waals surface area contributed by atoms with Crippen LogP contribution >= 0.6 is 0 Å². The van der Waals surface area contributed by atoms with Crippen LogP contribution in [0.5, 0.6) is 0 Å². The molecule has 0 aliphatic carbocycles. The van der Waals surface area contributed by atoms with E-state index in [1.807, 2.05) is 13.8 Å². The van der Waals surface area contributed by atoms with Crippen molar-refractivity contribution in [2.24, 2.45) is 11.1 Å². The van der Waals surface area contributed by atoms with E-state index in [9.17, 15) is 13.5 Å². The highest BCUT2D eigenvalue weighted by molar-refractivity contribution is 7.89. The van der Waals surface area contributed by atoms with Crippen molar-refractivity contribution < 1.29 is 13.5 Å². The van der Waals surface area contributed by atoms with Crippen LogP contribution in [0.1, 0.15) is 45.7 Å². The molecule has 5 nitrogen and oxygen atoms in total. The normalized spacial score (nSPS) is 16.7. The molecule has 0 aromatic heterocycles. The Balaban J connectivity index is 2.66. The van der Waals surface area contributed by atoms with Crippen LogP contribution in [0, 0.1) is 5.92 Å². The fourth-order valence-corrected chi connectivity index (χ4v) is 2.90. The summed E-state index contributed by atoms with van der Waals surface area (Å²) in [4.78, 5) is 0.102. The molecule has 1 aromatic rings. The predicted molar refractivity (Wildman–Crippen MR) is 84.3 cm³/mol. The van der Waals surface area contributed by atoms with Crippen LogP contribution in [0.3, 0.4) is 0 Å². The molecule has 0 spiro atoms. The fourth-order valence-electron chi connectivity index (χ4n) is 2.39. The molecule has 0 saturated heterocycles. The Morgan fingerprint density at radius 2 is 1.76 bits per heavy atom. The molecule has 0 aliphatic rings. The number of benzene rings is 1. The second-order valence-electron chi connectivity index (χ2n) is 6.31. The highest BCUT2D eigenvalue weighted by atomic mass is 32.2. The molecule has 0 heterocycles. The summed E-state index contributed by atoms with van der Waals surface area (Å²) in [5.41, 5.74) is 0.186. The third kappa shape index (κ3) is 6.13. The summed E-state index contributed by atoms with van der Waals surface area (Å²) in [6.45, 7) is 8.41. The monoisotopic (exact) mass is 314 g/mol. The van der Waals surface area contributed by atoms with Crippen LogP contribution in [-0.4, -0.2) is 25.7 Å². The number of sulfonamides is 1. The zero-order valence-electron chi connectivity index (χ0n) is 13.1. The van der Waals surface area contributed by atoms with E-state index in [4.69, 9.17) is 5.14 Å². The van der Waals surface area contributed by atoms with E-state index in [-0.39, 0.29) is 10.9 Å². The minimum atomic E-state index is -3.65. The molecule has 0 fully saturated rings. The zero-order valence-corrected chi connectivity index (χ0v) is 13.9. The quantitative estimate of drug-likeness (QED) is 0.715. The predicted octanol–water partition coefficient (Wildman–Crippen LogP) is 1.78. The van der Waals surface area contributed by atoms with Gasteiger partial charge in [0.1, 0.15) is 0 Å². The van der Waals surface area contributed by atoms with Crippen molar-refractivity contribution in [2.75, 3.05) is 6.54 Å². The van der Waals surface area contributed by atoms with Gasteiger partial charge in [0.25, 0.3) is 0 Å². The highest BCUT2D eigenvalue weighted by Crippen LogP contribution is 2.19. The summed E-state index contributed by atoms with van der Waals surface area (Å²) >= 11 is 0. The van der Waals surface area contributed by atoms with Crippen LogP contribution in [0.2, 0.25) is 0 Å². The third-order valence-electron chi connectivity index (χ3n) is 3.35. The lowest BCUT2D eigenvalue weighted by Crippen LogP contribution is -2.39. The summed E-state index contributed by atoms with van der Waals surface area (Å²) in [6.07, 6.45) is 0.719. The number of hydrogen-bond donors (Lipinski definition) is 3. The molecular weight excluding hydrogens is 288 g/mol. The third-order valence-corrected chi connectivity index (χ3v) is 4.27. The van der Waals surface area contributed by atoms with Gasteiger partial charge in [0.2, 0.25) is 10.0 Å². The molecule has 0 amide bonds. The van der Waals surface area contributed by atoms with Crippen molar-refractivity contribution in [1.82, 2.24) is 5.32 Å². The Bertz CT molecular complexity index is 551. The first kappa shape index (κ1) is 18.1. The van der Waals surface area contributed by atoms with Crippen molar-refractivity contribution in [3.8, 4) is 0 Å². The Morgan fingerprint density at radius 1 is 1.24 bits per heavy atom. The molecule has 6 heteroatoms. The maximum absolute atomic E-state index is 11.2. The van der Waals surface area contributed by atoms with Crippen molar-refractivity contribution >= 4 is 10.0 Å². The van der Waals surface area contributed by atoms with Crippen LogP contribution < -0.4 is 10.5 Å². The standard InChI is InChI=1S/C15H26N2O3S/c1-11(2)9-15(4,18)10-17-12(3)13-5-7-14(8-6-13)21(16,19)20/h5-8,11-12,17-18H,9-10H2,1-4H3,(H2,16,19,20). The molecule has 0 bridgehead atoms. The Morgan fingerprint density at radius 3 is 2.19 bits per heavy atom. The van der Waals surface area contributed by atoms with Crippen LogP contribution in [0.4, 0.5) is 0 Å². The molecule has 1 rings (SSSR count). The van der Waals surface area contributed by atoms with Crippen molar-refractivity contribution in [3.05, 3.63) is 29.8 Å². The first-order valence-electron chi connectivity index (χ1n) is 7.10. The van der Waals surface area contributed by atoms with Gasteiger partial charge in [-0.05, 0) is 43.9 Å². The highest BCUT2D eigenvalue weighted by Gasteiger charge is 2.22. The lowest BCUT2D eigenvalue weighted by molar-refractivity contribution is 0.0363. The maximum atomic E-state index is 11.2. The van der Waals surface area contributed by atoms with Gasteiger partial charge < -0.3 is 10.4 Å². The fraction of sp³-hybridized carbons (Fsp3) is 0.600. The van der Waals surface area contributed by atoms with Gasteiger partial charge in [0.05, 0.1) is 10.5 Å². The molecule has 2 unspecified atom stereocenters. The lowest BCUT2D eigenvalue weighted by Gasteiger charge is -2.27. The topological polar surface area (TPSA) is 92.4 Å². The average molecular weight is 314 g/mol. The van der Waals surface area contributed by atoms with E-state index >= 15 is 0 Å². The smallest absolute Gasteiger partial charge is 0.238 e. The van der Waals surface area contributed by atoms with Crippen LogP contribution in [0.25, 0.3) is 0 Å². The van der Waals surface area contributed by atoms with Crippen molar-refractivity contribution in [1.29, 1.82) is 0 Å². The maximum Gasteiger partial charge on any atom is 0.238 e. The van der Waals surface area contributed by atoms with E-state index in [0.29, 0.717) is 12.5 Å². The van der Waals surface area contributed by atoms with Crippen molar-refractivity contribution in [3.63, 3.8) is 0 Å². The van der Waals surface area contributed by atoms with E-state index in [1.165, 1.54) is 12.1 Å². The molecule has 0 radical (unpaired) electrons. The van der Waals surface area contributed by atoms with Gasteiger partial charge in [-0.2, -0.15) is 0 Å². The first-order chi connectivity index (χ1) is 9.51. The SMILES string of the molecule is CC(C)CC(C)(O)CNC(C)c1ccc(S(N)(=O)=O)cc1. The molecule has 21 heavy (non-hydrogen) atoms. The van der Waals surface area contributed by atoms with Gasteiger partial charge in [0.15, 0.2) is 0 Å². The number of aliphatic hydroxyl groups is 1. The molecule has 0 saturated carbocycles. The molecule has 120 valence electrons. The Hall–Kier alpha value is -0.950. The summed E-state index contributed by atoms with van der Waals surface area (Å²) in [7, 11) is -3.65. The average Bonchev–Trinajstić information content (AvgIpc) is 2.33. The second-order valence-corrected chi connectivity index (χ2v) is 7.87. The summed E-state index contributed by atoms with van der Waals surface area (Å²) in [6, 6.07) is 6.46. The molecular formula is C15H26N2O3S. The van der Waals surface area contributed by atoms with Crippen LogP contribution in [-0.2, 0) is 10.0 Å². The number of rotatable bonds is 7. The number of nitrogens with two attached hydrogens (primary N) is 1. The van der Waals surface area contributed by atoms with E-state index in [0.717, 1.165) is 12.0 Å². The van der Waals surface area contributed by atoms with Gasteiger partial charge in [-0.1, -0.05) is 26.0 Å². The molecule has 4 N–H and O–H groups in total. The van der Waals surface area contributed by atoms with Gasteiger partial charge in [0, 0.05) is 12.6 Å². The minimum Gasteiger partial charge on any atom is -0.389 e. The first-order valence-corrected chi connectivity index (χ1v) is 8.64. The van der Waals surface area contributed by atoms with Gasteiger partial charge in [-0.25, -0.2) is 13.6 Å². The Kier molecular flexibility index (Phi) is 5.92. The molecule has 1 aromatic carbocycles. The number of hydrogen-bond acceptors (Lipinski definition) is 4. The van der Waals surface area contributed by atoms with Gasteiger partial charge >= 0.3 is 0 Å². The summed E-state index contributed by atoms with van der Waals surface area (Å²) in [5.74, 6) is 0.422. The minimum absolute atomic E-state index is 0.0122. The number of nitrogens with one attached hydrogen (secondary N) is 1. The summed E-state index contributed by atoms with van der Waals surface area (Å²) in [5, 5.41) is 18.6. The number of primary sulfonamides is 1. The van der Waals surface area contributed by atoms with Gasteiger partial charge in [-0.15, -0.1) is 0 Å². The van der Waals surface area contributed by atoms with Crippen LogP contribution in [0.15, 0.2) is 29.2 Å².